The van der Waals surface area contributed by atoms with E-state index in [9.17, 15) is 19.5 Å². The number of nitrogens with one attached hydrogen (secondary N) is 1. The molecule has 4 aliphatic rings. The maximum Gasteiger partial charge on any atom is 0.412 e. The Labute approximate surface area is 322 Å². The third-order valence-corrected chi connectivity index (χ3v) is 12.0. The number of amides is 2. The molecule has 0 unspecified atom stereocenters. The fourth-order valence-electron chi connectivity index (χ4n) is 8.25. The molecule has 4 heterocycles. The number of hydrogen-bond donors (Lipinski definition) is 3. The number of hydrogen-bond acceptors (Lipinski definition) is 10. The molecule has 2 aromatic rings. The summed E-state index contributed by atoms with van der Waals surface area (Å²) in [4.78, 5) is 44.6. The standard InChI is InChI=1S/C41H53ClN4O8/c1-23-11-10-12-33(51-7)41(50)21-32(52-36(48)22-41)26(4)38-40(5,54-38)34(20-35(47)45(6)31-18-27(15-23)16-25(3)37(31)42)53-39(49)44-29-19-30(28(43)17-24(29)2)46-13-8-9-14-46/h10-12,16-19,26,32-34,38,50H,8-9,13-15,20-22,43H2,1-7H3,(H,44,49)/b12-10+,23-11+/t26-,32+,33-,34+,38+,40+,41-/m1/s1. The number of anilines is 4. The van der Waals surface area contributed by atoms with E-state index in [4.69, 9.17) is 36.3 Å². The van der Waals surface area contributed by atoms with Gasteiger partial charge in [0.15, 0.2) is 0 Å². The van der Waals surface area contributed by atoms with Crippen LogP contribution in [0.15, 0.2) is 48.1 Å². The highest BCUT2D eigenvalue weighted by Crippen LogP contribution is 2.50. The first-order valence-electron chi connectivity index (χ1n) is 18.7. The predicted octanol–water partition coefficient (Wildman–Crippen LogP) is 6.41. The van der Waals surface area contributed by atoms with Gasteiger partial charge in [0.05, 0.1) is 41.0 Å². The average molecular weight is 765 g/mol. The summed E-state index contributed by atoms with van der Waals surface area (Å²) >= 11 is 6.81. The fourth-order valence-corrected chi connectivity index (χ4v) is 8.49. The smallest absolute Gasteiger partial charge is 0.412 e. The van der Waals surface area contributed by atoms with Crippen LogP contribution < -0.4 is 20.9 Å². The van der Waals surface area contributed by atoms with Crippen LogP contribution in [0.3, 0.4) is 0 Å². The highest BCUT2D eigenvalue weighted by Gasteiger charge is 2.64. The Kier molecular flexibility index (Phi) is 11.4. The van der Waals surface area contributed by atoms with Crippen molar-refractivity contribution in [3.05, 3.63) is 69.8 Å². The van der Waals surface area contributed by atoms with E-state index < -0.39 is 53.6 Å². The lowest BCUT2D eigenvalue weighted by molar-refractivity contribution is -0.187. The molecule has 13 heteroatoms. The Balaban J connectivity index is 1.35. The van der Waals surface area contributed by atoms with Crippen molar-refractivity contribution in [3.8, 4) is 0 Å². The molecule has 292 valence electrons. The lowest BCUT2D eigenvalue weighted by Gasteiger charge is -2.41. The zero-order chi connectivity index (χ0) is 39.1. The van der Waals surface area contributed by atoms with Gasteiger partial charge in [-0.2, -0.15) is 0 Å². The minimum absolute atomic E-state index is 0.0917. The van der Waals surface area contributed by atoms with E-state index in [1.807, 2.05) is 64.1 Å². The summed E-state index contributed by atoms with van der Waals surface area (Å²) < 4.78 is 24.0. The summed E-state index contributed by atoms with van der Waals surface area (Å²) in [6.07, 6.45) is 3.86. The summed E-state index contributed by atoms with van der Waals surface area (Å²) in [5.74, 6) is -1.35. The minimum atomic E-state index is -1.54. The molecule has 0 aliphatic carbocycles. The van der Waals surface area contributed by atoms with Crippen molar-refractivity contribution >= 4 is 52.3 Å². The van der Waals surface area contributed by atoms with Crippen LogP contribution in [-0.4, -0.2) is 85.9 Å². The first-order valence-corrected chi connectivity index (χ1v) is 19.1. The van der Waals surface area contributed by atoms with Crippen LogP contribution in [0.1, 0.15) is 69.6 Å². The van der Waals surface area contributed by atoms with Crippen LogP contribution in [0, 0.1) is 19.8 Å². The van der Waals surface area contributed by atoms with Gasteiger partial charge >= 0.3 is 12.1 Å². The second-order valence-corrected chi connectivity index (χ2v) is 16.0. The van der Waals surface area contributed by atoms with Gasteiger partial charge in [0.2, 0.25) is 5.91 Å². The number of nitrogens with zero attached hydrogens (tertiary/aromatic N) is 2. The van der Waals surface area contributed by atoms with Crippen LogP contribution in [-0.2, 0) is 35.0 Å². The maximum absolute atomic E-state index is 14.2. The van der Waals surface area contributed by atoms with Crippen molar-refractivity contribution in [2.45, 2.75) is 109 Å². The molecule has 6 rings (SSSR count). The Bertz CT molecular complexity index is 1860. The van der Waals surface area contributed by atoms with Crippen LogP contribution in [0.5, 0.6) is 0 Å². The lowest BCUT2D eigenvalue weighted by Crippen LogP contribution is -2.53. The van der Waals surface area contributed by atoms with Crippen molar-refractivity contribution < 1.29 is 38.4 Å². The van der Waals surface area contributed by atoms with E-state index in [1.54, 1.807) is 20.0 Å². The topological polar surface area (TPSA) is 156 Å². The normalized spacial score (nSPS) is 31.9. The van der Waals surface area contributed by atoms with Gasteiger partial charge < -0.3 is 39.6 Å². The molecule has 4 N–H and O–H groups in total. The number of allylic oxidation sites excluding steroid dienone is 3. The van der Waals surface area contributed by atoms with Gasteiger partial charge in [-0.1, -0.05) is 48.4 Å². The number of aryl methyl sites for hydroxylation is 2. The van der Waals surface area contributed by atoms with Crippen molar-refractivity contribution in [1.82, 2.24) is 0 Å². The molecule has 12 nitrogen and oxygen atoms in total. The summed E-state index contributed by atoms with van der Waals surface area (Å²) in [6.45, 7) is 11.1. The molecule has 0 radical (unpaired) electrons. The fraction of sp³-hybridized carbons (Fsp3) is 0.537. The Morgan fingerprint density at radius 1 is 1.09 bits per heavy atom. The number of aliphatic hydroxyl groups is 1. The van der Waals surface area contributed by atoms with Gasteiger partial charge in [-0.3, -0.25) is 14.9 Å². The molecule has 4 aliphatic heterocycles. The van der Waals surface area contributed by atoms with Crippen LogP contribution >= 0.6 is 11.6 Å². The van der Waals surface area contributed by atoms with E-state index in [-0.39, 0.29) is 25.2 Å². The number of fused-ring (bicyclic) bond motifs is 5. The molecular weight excluding hydrogens is 712 g/mol. The zero-order valence-corrected chi connectivity index (χ0v) is 33.0. The highest BCUT2D eigenvalue weighted by molar-refractivity contribution is 6.34. The first-order chi connectivity index (χ1) is 25.5. The molecule has 3 saturated heterocycles. The molecule has 3 fully saturated rings. The predicted molar refractivity (Wildman–Crippen MR) is 209 cm³/mol. The summed E-state index contributed by atoms with van der Waals surface area (Å²) in [7, 11) is 3.15. The number of epoxide rings is 1. The van der Waals surface area contributed by atoms with Crippen molar-refractivity contribution in [2.75, 3.05) is 48.1 Å². The first kappa shape index (κ1) is 39.6. The summed E-state index contributed by atoms with van der Waals surface area (Å²) in [5.41, 5.74) is 9.76. The van der Waals surface area contributed by atoms with Gasteiger partial charge in [-0.05, 0) is 81.8 Å². The van der Waals surface area contributed by atoms with Gasteiger partial charge in [-0.25, -0.2) is 4.79 Å². The molecule has 0 saturated carbocycles. The SMILES string of the molecule is CO[C@@H]1/C=C/C=C(\C)Cc2cc(C)c(Cl)c(c2)N(C)C(=O)C[C@H](OC(=O)Nc2cc(N3CCCC3)c(N)cc2C)[C@]2(C)O[C@H]2[C@H](C)[C@@H]2C[C@@]1(O)CC(=O)O2. The molecule has 7 atom stereocenters. The van der Waals surface area contributed by atoms with E-state index in [1.165, 1.54) is 12.0 Å². The largest absolute Gasteiger partial charge is 0.462 e. The Hall–Kier alpha value is -4.10. The number of nitrogen functional groups attached to an aromatic ring is 1. The number of carbonyl (C=O) groups excluding carboxylic acids is 3. The zero-order valence-electron chi connectivity index (χ0n) is 32.2. The second-order valence-electron chi connectivity index (χ2n) is 15.7. The Morgan fingerprint density at radius 3 is 2.52 bits per heavy atom. The van der Waals surface area contributed by atoms with Crippen LogP contribution in [0.4, 0.5) is 27.5 Å². The van der Waals surface area contributed by atoms with Gasteiger partial charge in [0, 0.05) is 45.3 Å². The molecule has 2 amide bonds. The number of rotatable bonds is 4. The molecular formula is C41H53ClN4O8. The Morgan fingerprint density at radius 2 is 1.81 bits per heavy atom. The average Bonchev–Trinajstić information content (AvgIpc) is 3.51. The van der Waals surface area contributed by atoms with Crippen molar-refractivity contribution in [1.29, 1.82) is 0 Å². The third-order valence-electron chi connectivity index (χ3n) is 11.5. The third kappa shape index (κ3) is 8.12. The van der Waals surface area contributed by atoms with E-state index in [0.29, 0.717) is 28.5 Å². The molecule has 0 aromatic heterocycles. The second kappa shape index (κ2) is 15.6. The molecule has 2 aromatic carbocycles. The van der Waals surface area contributed by atoms with Crippen molar-refractivity contribution in [3.63, 3.8) is 0 Å². The van der Waals surface area contributed by atoms with E-state index in [0.717, 1.165) is 53.9 Å². The van der Waals surface area contributed by atoms with Gasteiger partial charge in [0.1, 0.15) is 29.5 Å². The van der Waals surface area contributed by atoms with Gasteiger partial charge in [-0.15, -0.1) is 0 Å². The van der Waals surface area contributed by atoms with Crippen LogP contribution in [0.25, 0.3) is 0 Å². The number of carbonyl (C=O) groups is 3. The quantitative estimate of drug-likeness (QED) is 0.181. The molecule has 54 heavy (non-hydrogen) atoms. The van der Waals surface area contributed by atoms with E-state index in [2.05, 4.69) is 10.2 Å². The number of nitrogens with two attached hydrogens (primary N) is 1. The molecule has 4 bridgehead atoms. The number of benzene rings is 2. The van der Waals surface area contributed by atoms with E-state index >= 15 is 0 Å². The minimum Gasteiger partial charge on any atom is -0.462 e. The summed E-state index contributed by atoms with van der Waals surface area (Å²) in [6, 6.07) is 7.56. The molecule has 0 spiro atoms. The number of methoxy groups -OCH3 is 1. The summed E-state index contributed by atoms with van der Waals surface area (Å²) in [5, 5.41) is 15.2. The monoisotopic (exact) mass is 764 g/mol. The lowest BCUT2D eigenvalue weighted by atomic mass is 9.78. The van der Waals surface area contributed by atoms with Gasteiger partial charge in [0.25, 0.3) is 0 Å². The number of halogens is 1. The van der Waals surface area contributed by atoms with Crippen LogP contribution in [0.2, 0.25) is 5.02 Å². The van der Waals surface area contributed by atoms with Crippen molar-refractivity contribution in [2.24, 2.45) is 5.92 Å². The number of ether oxygens (including phenoxy) is 4. The highest BCUT2D eigenvalue weighted by atomic mass is 35.5. The number of esters is 1. The maximum atomic E-state index is 14.2.